The third-order valence-electron chi connectivity index (χ3n) is 3.59. The Hall–Kier alpha value is -3.02. The number of amides is 3. The van der Waals surface area contributed by atoms with Gasteiger partial charge in [0, 0.05) is 29.5 Å². The molecule has 0 atom stereocenters. The molecule has 2 aromatic carbocycles. The SMILES string of the molecule is Cc1ccc(N)cc1C(=O)NCc1ccc(NC(=O)NC(C)C)cc1. The molecule has 0 saturated carbocycles. The summed E-state index contributed by atoms with van der Waals surface area (Å²) >= 11 is 0. The summed E-state index contributed by atoms with van der Waals surface area (Å²) in [4.78, 5) is 23.9. The molecule has 0 aliphatic carbocycles. The van der Waals surface area contributed by atoms with Crippen molar-refractivity contribution in [3.8, 4) is 0 Å². The number of nitrogens with two attached hydrogens (primary N) is 1. The van der Waals surface area contributed by atoms with Gasteiger partial charge < -0.3 is 21.7 Å². The lowest BCUT2D eigenvalue weighted by Gasteiger charge is -2.11. The van der Waals surface area contributed by atoms with E-state index in [1.54, 1.807) is 24.3 Å². The fraction of sp³-hybridized carbons (Fsp3) is 0.263. The number of carbonyl (C=O) groups excluding carboxylic acids is 2. The number of rotatable bonds is 5. The van der Waals surface area contributed by atoms with Crippen LogP contribution in [0.5, 0.6) is 0 Å². The van der Waals surface area contributed by atoms with E-state index in [2.05, 4.69) is 16.0 Å². The molecule has 0 spiro atoms. The first-order valence-electron chi connectivity index (χ1n) is 8.16. The average Bonchev–Trinajstić information content (AvgIpc) is 2.55. The van der Waals surface area contributed by atoms with Gasteiger partial charge in [0.1, 0.15) is 0 Å². The van der Waals surface area contributed by atoms with Crippen LogP contribution < -0.4 is 21.7 Å². The maximum Gasteiger partial charge on any atom is 0.319 e. The summed E-state index contributed by atoms with van der Waals surface area (Å²) in [6.45, 7) is 6.06. The summed E-state index contributed by atoms with van der Waals surface area (Å²) in [5, 5.41) is 8.39. The number of hydrogen-bond acceptors (Lipinski definition) is 3. The molecule has 0 saturated heterocycles. The van der Waals surface area contributed by atoms with E-state index in [0.717, 1.165) is 11.1 Å². The molecular weight excluding hydrogens is 316 g/mol. The zero-order valence-electron chi connectivity index (χ0n) is 14.7. The van der Waals surface area contributed by atoms with Crippen LogP contribution in [-0.4, -0.2) is 18.0 Å². The van der Waals surface area contributed by atoms with Crippen LogP contribution in [0.25, 0.3) is 0 Å². The number of urea groups is 1. The first-order chi connectivity index (χ1) is 11.8. The van der Waals surface area contributed by atoms with Crippen LogP contribution in [0.15, 0.2) is 42.5 Å². The van der Waals surface area contributed by atoms with E-state index < -0.39 is 0 Å². The molecule has 0 aliphatic heterocycles. The smallest absolute Gasteiger partial charge is 0.319 e. The minimum Gasteiger partial charge on any atom is -0.399 e. The van der Waals surface area contributed by atoms with Crippen molar-refractivity contribution in [2.24, 2.45) is 0 Å². The van der Waals surface area contributed by atoms with E-state index in [1.807, 2.05) is 39.0 Å². The maximum absolute atomic E-state index is 12.3. The monoisotopic (exact) mass is 340 g/mol. The fourth-order valence-electron chi connectivity index (χ4n) is 2.30. The predicted octanol–water partition coefficient (Wildman–Crippen LogP) is 3.04. The Bertz CT molecular complexity index is 755. The number of benzene rings is 2. The summed E-state index contributed by atoms with van der Waals surface area (Å²) in [6.07, 6.45) is 0. The van der Waals surface area contributed by atoms with Crippen LogP contribution in [-0.2, 0) is 6.54 Å². The Morgan fingerprint density at radius 1 is 1.08 bits per heavy atom. The van der Waals surface area contributed by atoms with Crippen LogP contribution in [0, 0.1) is 6.92 Å². The highest BCUT2D eigenvalue weighted by atomic mass is 16.2. The van der Waals surface area contributed by atoms with Crippen molar-refractivity contribution in [1.82, 2.24) is 10.6 Å². The molecule has 2 aromatic rings. The van der Waals surface area contributed by atoms with E-state index in [0.29, 0.717) is 23.5 Å². The number of hydrogen-bond donors (Lipinski definition) is 4. The van der Waals surface area contributed by atoms with Crippen LogP contribution >= 0.6 is 0 Å². The Labute approximate surface area is 147 Å². The molecule has 0 bridgehead atoms. The van der Waals surface area contributed by atoms with E-state index in [-0.39, 0.29) is 18.0 Å². The van der Waals surface area contributed by atoms with Crippen molar-refractivity contribution >= 4 is 23.3 Å². The molecule has 132 valence electrons. The Kier molecular flexibility index (Phi) is 6.00. The first kappa shape index (κ1) is 18.3. The first-order valence-corrected chi connectivity index (χ1v) is 8.16. The number of aryl methyl sites for hydroxylation is 1. The molecule has 0 fully saturated rings. The summed E-state index contributed by atoms with van der Waals surface area (Å²) in [5.41, 5.74) is 9.38. The van der Waals surface area contributed by atoms with E-state index in [9.17, 15) is 9.59 Å². The largest absolute Gasteiger partial charge is 0.399 e. The van der Waals surface area contributed by atoms with Gasteiger partial charge in [-0.05, 0) is 56.2 Å². The molecule has 2 rings (SSSR count). The van der Waals surface area contributed by atoms with Crippen LogP contribution in [0.4, 0.5) is 16.2 Å². The zero-order valence-corrected chi connectivity index (χ0v) is 14.7. The van der Waals surface area contributed by atoms with Gasteiger partial charge in [0.2, 0.25) is 0 Å². The quantitative estimate of drug-likeness (QED) is 0.630. The van der Waals surface area contributed by atoms with Gasteiger partial charge in [-0.25, -0.2) is 4.79 Å². The van der Waals surface area contributed by atoms with Gasteiger partial charge in [-0.1, -0.05) is 18.2 Å². The lowest BCUT2D eigenvalue weighted by Crippen LogP contribution is -2.34. The van der Waals surface area contributed by atoms with Crippen molar-refractivity contribution in [1.29, 1.82) is 0 Å². The van der Waals surface area contributed by atoms with Gasteiger partial charge in [-0.2, -0.15) is 0 Å². The molecule has 3 amide bonds. The molecular formula is C19H24N4O2. The number of nitrogens with one attached hydrogen (secondary N) is 3. The highest BCUT2D eigenvalue weighted by Crippen LogP contribution is 2.13. The van der Waals surface area contributed by atoms with Gasteiger partial charge in [-0.15, -0.1) is 0 Å². The van der Waals surface area contributed by atoms with E-state index >= 15 is 0 Å². The normalized spacial score (nSPS) is 10.4. The van der Waals surface area contributed by atoms with Crippen molar-refractivity contribution in [2.75, 3.05) is 11.1 Å². The van der Waals surface area contributed by atoms with Crippen LogP contribution in [0.1, 0.15) is 35.3 Å². The summed E-state index contributed by atoms with van der Waals surface area (Å²) in [6, 6.07) is 12.4. The zero-order chi connectivity index (χ0) is 18.4. The maximum atomic E-state index is 12.3. The predicted molar refractivity (Wildman–Crippen MR) is 100 cm³/mol. The average molecular weight is 340 g/mol. The van der Waals surface area contributed by atoms with Crippen molar-refractivity contribution < 1.29 is 9.59 Å². The molecule has 0 aromatic heterocycles. The molecule has 0 aliphatic rings. The van der Waals surface area contributed by atoms with E-state index in [1.165, 1.54) is 0 Å². The molecule has 0 radical (unpaired) electrons. The van der Waals surface area contributed by atoms with Gasteiger partial charge in [0.15, 0.2) is 0 Å². The minimum atomic E-state index is -0.242. The summed E-state index contributed by atoms with van der Waals surface area (Å²) < 4.78 is 0. The standard InChI is InChI=1S/C19H24N4O2/c1-12(2)22-19(25)23-16-8-5-14(6-9-16)11-21-18(24)17-10-15(20)7-4-13(17)3/h4-10,12H,11,20H2,1-3H3,(H,21,24)(H2,22,23,25). The van der Waals surface area contributed by atoms with Crippen molar-refractivity contribution in [2.45, 2.75) is 33.4 Å². The second kappa shape index (κ2) is 8.19. The molecule has 0 unspecified atom stereocenters. The Morgan fingerprint density at radius 3 is 2.40 bits per heavy atom. The third kappa shape index (κ3) is 5.53. The lowest BCUT2D eigenvalue weighted by atomic mass is 10.1. The van der Waals surface area contributed by atoms with Crippen molar-refractivity contribution in [3.63, 3.8) is 0 Å². The second-order valence-corrected chi connectivity index (χ2v) is 6.21. The Balaban J connectivity index is 1.92. The third-order valence-corrected chi connectivity index (χ3v) is 3.59. The molecule has 6 nitrogen and oxygen atoms in total. The molecule has 0 heterocycles. The summed E-state index contributed by atoms with van der Waals surface area (Å²) in [5.74, 6) is -0.164. The van der Waals surface area contributed by atoms with Crippen molar-refractivity contribution in [3.05, 3.63) is 59.2 Å². The number of carbonyl (C=O) groups is 2. The van der Waals surface area contributed by atoms with Crippen LogP contribution in [0.3, 0.4) is 0 Å². The molecule has 5 N–H and O–H groups in total. The summed E-state index contributed by atoms with van der Waals surface area (Å²) in [7, 11) is 0. The minimum absolute atomic E-state index is 0.0740. The lowest BCUT2D eigenvalue weighted by molar-refractivity contribution is 0.0950. The van der Waals surface area contributed by atoms with Gasteiger partial charge in [0.25, 0.3) is 5.91 Å². The second-order valence-electron chi connectivity index (χ2n) is 6.21. The number of nitrogen functional groups attached to an aromatic ring is 1. The Morgan fingerprint density at radius 2 is 1.76 bits per heavy atom. The molecule has 25 heavy (non-hydrogen) atoms. The van der Waals surface area contributed by atoms with Crippen LogP contribution in [0.2, 0.25) is 0 Å². The fourth-order valence-corrected chi connectivity index (χ4v) is 2.30. The van der Waals surface area contributed by atoms with Gasteiger partial charge >= 0.3 is 6.03 Å². The topological polar surface area (TPSA) is 96.2 Å². The molecule has 6 heteroatoms. The van der Waals surface area contributed by atoms with Gasteiger partial charge in [-0.3, -0.25) is 4.79 Å². The van der Waals surface area contributed by atoms with E-state index in [4.69, 9.17) is 5.73 Å². The highest BCUT2D eigenvalue weighted by molar-refractivity contribution is 5.96. The van der Waals surface area contributed by atoms with Gasteiger partial charge in [0.05, 0.1) is 0 Å². The number of anilines is 2. The highest BCUT2D eigenvalue weighted by Gasteiger charge is 2.09.